The lowest BCUT2D eigenvalue weighted by Gasteiger charge is -2.32. The SMILES string of the molecule is CC(C)=CCc1c(O)c2c(c(CC=C(C)C)c1OC(C)(C)C)OC(c1ccc(OC(C)(C)C)cc1)CC2=O. The molecule has 1 unspecified atom stereocenters. The van der Waals surface area contributed by atoms with Gasteiger partial charge in [-0.1, -0.05) is 35.4 Å². The summed E-state index contributed by atoms with van der Waals surface area (Å²) in [5.41, 5.74) is 3.99. The first-order chi connectivity index (χ1) is 17.6. The molecule has 1 aliphatic heterocycles. The first-order valence-electron chi connectivity index (χ1n) is 13.4. The second-order valence-corrected chi connectivity index (χ2v) is 12.5. The van der Waals surface area contributed by atoms with Crippen molar-refractivity contribution in [1.29, 1.82) is 0 Å². The van der Waals surface area contributed by atoms with Crippen LogP contribution in [-0.4, -0.2) is 22.1 Å². The maximum Gasteiger partial charge on any atom is 0.174 e. The summed E-state index contributed by atoms with van der Waals surface area (Å²) in [7, 11) is 0. The summed E-state index contributed by atoms with van der Waals surface area (Å²) in [6, 6.07) is 7.69. The highest BCUT2D eigenvalue weighted by Gasteiger charge is 2.36. The van der Waals surface area contributed by atoms with Gasteiger partial charge in [0.15, 0.2) is 5.78 Å². The van der Waals surface area contributed by atoms with Gasteiger partial charge >= 0.3 is 0 Å². The molecule has 3 rings (SSSR count). The number of ether oxygens (including phenoxy) is 3. The number of hydrogen-bond donors (Lipinski definition) is 1. The minimum atomic E-state index is -0.513. The Balaban J connectivity index is 2.17. The highest BCUT2D eigenvalue weighted by atomic mass is 16.5. The molecule has 5 nitrogen and oxygen atoms in total. The maximum absolute atomic E-state index is 13.6. The highest BCUT2D eigenvalue weighted by Crippen LogP contribution is 2.50. The van der Waals surface area contributed by atoms with Gasteiger partial charge < -0.3 is 19.3 Å². The Morgan fingerprint density at radius 3 is 1.92 bits per heavy atom. The average Bonchev–Trinajstić information content (AvgIpc) is 2.76. The smallest absolute Gasteiger partial charge is 0.174 e. The summed E-state index contributed by atoms with van der Waals surface area (Å²) >= 11 is 0. The summed E-state index contributed by atoms with van der Waals surface area (Å²) in [6.45, 7) is 20.1. The number of benzene rings is 2. The van der Waals surface area contributed by atoms with Gasteiger partial charge in [-0.3, -0.25) is 4.79 Å². The zero-order valence-electron chi connectivity index (χ0n) is 24.7. The van der Waals surface area contributed by atoms with E-state index in [9.17, 15) is 9.90 Å². The summed E-state index contributed by atoms with van der Waals surface area (Å²) in [5.74, 6) is 1.58. The van der Waals surface area contributed by atoms with Gasteiger partial charge in [0.05, 0.1) is 6.42 Å². The standard InChI is InChI=1S/C33H44O5/c1-20(2)11-17-24-29(35)28-26(34)19-27(22-13-15-23(16-14-22)37-32(5,6)7)36-31(28)25(18-12-21(3)4)30(24)38-33(8,9)10/h11-16,27,35H,17-19H2,1-10H3. The first kappa shape index (κ1) is 29.3. The Bertz CT molecular complexity index is 1230. The molecule has 0 radical (unpaired) electrons. The number of phenols is 1. The van der Waals surface area contributed by atoms with E-state index in [1.807, 2.05) is 99.6 Å². The molecule has 2 aromatic carbocycles. The van der Waals surface area contributed by atoms with Crippen LogP contribution in [0, 0.1) is 0 Å². The lowest BCUT2D eigenvalue weighted by molar-refractivity contribution is 0.0837. The quantitative estimate of drug-likeness (QED) is 0.371. The number of ketones is 1. The largest absolute Gasteiger partial charge is 0.507 e. The molecule has 1 N–H and O–H groups in total. The Hall–Kier alpha value is -3.21. The highest BCUT2D eigenvalue weighted by molar-refractivity contribution is 6.04. The van der Waals surface area contributed by atoms with Crippen molar-refractivity contribution >= 4 is 5.78 Å². The third kappa shape index (κ3) is 7.43. The molecule has 38 heavy (non-hydrogen) atoms. The topological polar surface area (TPSA) is 65.0 Å². The lowest BCUT2D eigenvalue weighted by atomic mass is 9.88. The number of aromatic hydroxyl groups is 1. The number of phenolic OH excluding ortho intramolecular Hbond substituents is 1. The van der Waals surface area contributed by atoms with Crippen molar-refractivity contribution < 1.29 is 24.1 Å². The average molecular weight is 521 g/mol. The molecule has 1 aliphatic rings. The van der Waals surface area contributed by atoms with Crippen LogP contribution in [0.25, 0.3) is 0 Å². The van der Waals surface area contributed by atoms with E-state index in [-0.39, 0.29) is 29.1 Å². The van der Waals surface area contributed by atoms with E-state index < -0.39 is 11.7 Å². The Morgan fingerprint density at radius 1 is 0.895 bits per heavy atom. The van der Waals surface area contributed by atoms with Crippen LogP contribution in [0.2, 0.25) is 0 Å². The lowest BCUT2D eigenvalue weighted by Crippen LogP contribution is -2.27. The fraction of sp³-hybridized carbons (Fsp3) is 0.485. The molecule has 0 bridgehead atoms. The Kier molecular flexibility index (Phi) is 8.70. The van der Waals surface area contributed by atoms with E-state index >= 15 is 0 Å². The molecule has 0 aromatic heterocycles. The van der Waals surface area contributed by atoms with Crippen molar-refractivity contribution in [2.24, 2.45) is 0 Å². The van der Waals surface area contributed by atoms with Crippen LogP contribution in [0.4, 0.5) is 0 Å². The molecule has 206 valence electrons. The van der Waals surface area contributed by atoms with Crippen LogP contribution >= 0.6 is 0 Å². The van der Waals surface area contributed by atoms with Gasteiger partial charge in [-0.2, -0.15) is 0 Å². The molecule has 2 aromatic rings. The summed E-state index contributed by atoms with van der Waals surface area (Å²) < 4.78 is 19.0. The van der Waals surface area contributed by atoms with E-state index in [0.29, 0.717) is 29.9 Å². The number of allylic oxidation sites excluding steroid dienone is 4. The molecule has 0 fully saturated rings. The predicted octanol–water partition coefficient (Wildman–Crippen LogP) is 8.47. The summed E-state index contributed by atoms with van der Waals surface area (Å²) in [6.07, 6.45) is 4.79. The summed E-state index contributed by atoms with van der Waals surface area (Å²) in [5, 5.41) is 11.5. The number of carbonyl (C=O) groups is 1. The van der Waals surface area contributed by atoms with Crippen molar-refractivity contribution in [3.8, 4) is 23.0 Å². The minimum Gasteiger partial charge on any atom is -0.507 e. The van der Waals surface area contributed by atoms with Crippen molar-refractivity contribution in [2.45, 2.75) is 106 Å². The third-order valence-electron chi connectivity index (χ3n) is 5.99. The zero-order valence-corrected chi connectivity index (χ0v) is 24.7. The predicted molar refractivity (Wildman–Crippen MR) is 154 cm³/mol. The second-order valence-electron chi connectivity index (χ2n) is 12.5. The number of carbonyl (C=O) groups excluding carboxylic acids is 1. The molecule has 5 heteroatoms. The molecule has 0 aliphatic carbocycles. The number of hydrogen-bond acceptors (Lipinski definition) is 5. The van der Waals surface area contributed by atoms with E-state index in [1.54, 1.807) is 0 Å². The molecular formula is C33H44O5. The van der Waals surface area contributed by atoms with Gasteiger partial charge in [0.25, 0.3) is 0 Å². The fourth-order valence-corrected chi connectivity index (χ4v) is 4.35. The monoisotopic (exact) mass is 520 g/mol. The van der Waals surface area contributed by atoms with Crippen LogP contribution in [0.15, 0.2) is 47.6 Å². The zero-order chi connectivity index (χ0) is 28.4. The van der Waals surface area contributed by atoms with E-state index in [0.717, 1.165) is 28.0 Å². The maximum atomic E-state index is 13.6. The summed E-state index contributed by atoms with van der Waals surface area (Å²) in [4.78, 5) is 13.6. The van der Waals surface area contributed by atoms with E-state index in [4.69, 9.17) is 14.2 Å². The minimum absolute atomic E-state index is 0.0462. The normalized spacial score (nSPS) is 15.3. The van der Waals surface area contributed by atoms with E-state index in [2.05, 4.69) is 6.08 Å². The van der Waals surface area contributed by atoms with Gasteiger partial charge in [0.1, 0.15) is 45.9 Å². The van der Waals surface area contributed by atoms with Crippen molar-refractivity contribution in [3.05, 3.63) is 69.8 Å². The Labute approximate surface area is 228 Å². The fourth-order valence-electron chi connectivity index (χ4n) is 4.35. The molecule has 0 saturated heterocycles. The molecule has 1 atom stereocenters. The molecule has 0 saturated carbocycles. The Morgan fingerprint density at radius 2 is 1.42 bits per heavy atom. The molecule has 0 amide bonds. The first-order valence-corrected chi connectivity index (χ1v) is 13.4. The van der Waals surface area contributed by atoms with Gasteiger partial charge in [-0.05, 0) is 99.8 Å². The molecule has 1 heterocycles. The van der Waals surface area contributed by atoms with Gasteiger partial charge in [0.2, 0.25) is 0 Å². The van der Waals surface area contributed by atoms with Gasteiger partial charge in [-0.25, -0.2) is 0 Å². The second kappa shape index (κ2) is 11.3. The third-order valence-corrected chi connectivity index (χ3v) is 5.99. The molecule has 0 spiro atoms. The molecular weight excluding hydrogens is 476 g/mol. The van der Waals surface area contributed by atoms with Gasteiger partial charge in [0, 0.05) is 11.1 Å². The van der Waals surface area contributed by atoms with Crippen LogP contribution in [0.1, 0.15) is 109 Å². The van der Waals surface area contributed by atoms with Crippen LogP contribution in [-0.2, 0) is 12.8 Å². The van der Waals surface area contributed by atoms with Crippen molar-refractivity contribution in [2.75, 3.05) is 0 Å². The number of fused-ring (bicyclic) bond motifs is 1. The number of Topliss-reactive ketones (excluding diaryl/α,β-unsaturated/α-hetero) is 1. The number of rotatable bonds is 7. The van der Waals surface area contributed by atoms with E-state index in [1.165, 1.54) is 0 Å². The van der Waals surface area contributed by atoms with Crippen LogP contribution < -0.4 is 14.2 Å². The van der Waals surface area contributed by atoms with Gasteiger partial charge in [-0.15, -0.1) is 0 Å². The van der Waals surface area contributed by atoms with Crippen LogP contribution in [0.3, 0.4) is 0 Å². The van der Waals surface area contributed by atoms with Crippen molar-refractivity contribution in [1.82, 2.24) is 0 Å². The van der Waals surface area contributed by atoms with Crippen molar-refractivity contribution in [3.63, 3.8) is 0 Å². The van der Waals surface area contributed by atoms with Crippen LogP contribution in [0.5, 0.6) is 23.0 Å².